The van der Waals surface area contributed by atoms with E-state index in [9.17, 15) is 10.1 Å². The van der Waals surface area contributed by atoms with E-state index in [4.69, 9.17) is 16.3 Å². The Hall–Kier alpha value is -2.14. The zero-order valence-corrected chi connectivity index (χ0v) is 11.8. The van der Waals surface area contributed by atoms with Crippen LogP contribution in [0.3, 0.4) is 0 Å². The van der Waals surface area contributed by atoms with Gasteiger partial charge in [0.25, 0.3) is 5.69 Å². The molecule has 0 aliphatic rings. The molecule has 0 saturated heterocycles. The van der Waals surface area contributed by atoms with Crippen molar-refractivity contribution >= 4 is 17.3 Å². The molecule has 0 unspecified atom stereocenters. The SMILES string of the molecule is CC(C)c1cc(Oc2ccc([N+](=O)[O-])cc2Cl)ccn1. The maximum absolute atomic E-state index is 10.6. The van der Waals surface area contributed by atoms with Crippen molar-refractivity contribution < 1.29 is 9.66 Å². The number of nitro benzene ring substituents is 1. The van der Waals surface area contributed by atoms with E-state index in [0.717, 1.165) is 5.69 Å². The first-order valence-corrected chi connectivity index (χ1v) is 6.43. The molecule has 1 aromatic carbocycles. The van der Waals surface area contributed by atoms with Crippen LogP contribution < -0.4 is 4.74 Å². The lowest BCUT2D eigenvalue weighted by Gasteiger charge is -2.09. The van der Waals surface area contributed by atoms with Crippen LogP contribution in [0.2, 0.25) is 5.02 Å². The predicted molar refractivity (Wildman–Crippen MR) is 76.5 cm³/mol. The van der Waals surface area contributed by atoms with E-state index in [1.807, 2.05) is 19.9 Å². The van der Waals surface area contributed by atoms with Crippen LogP contribution in [0.4, 0.5) is 5.69 Å². The summed E-state index contributed by atoms with van der Waals surface area (Å²) in [7, 11) is 0. The highest BCUT2D eigenvalue weighted by Crippen LogP contribution is 2.32. The Morgan fingerprint density at radius 1 is 1.30 bits per heavy atom. The molecule has 0 fully saturated rings. The topological polar surface area (TPSA) is 65.3 Å². The fraction of sp³-hybridized carbons (Fsp3) is 0.214. The van der Waals surface area contributed by atoms with Crippen molar-refractivity contribution in [2.75, 3.05) is 0 Å². The van der Waals surface area contributed by atoms with Gasteiger partial charge >= 0.3 is 0 Å². The van der Waals surface area contributed by atoms with Gasteiger partial charge in [0, 0.05) is 30.1 Å². The normalized spacial score (nSPS) is 10.6. The highest BCUT2D eigenvalue weighted by Gasteiger charge is 2.11. The quantitative estimate of drug-likeness (QED) is 0.612. The fourth-order valence-electron chi connectivity index (χ4n) is 1.62. The molecule has 0 atom stereocenters. The summed E-state index contributed by atoms with van der Waals surface area (Å²) in [5, 5.41) is 10.8. The van der Waals surface area contributed by atoms with Crippen LogP contribution >= 0.6 is 11.6 Å². The molecule has 0 radical (unpaired) electrons. The van der Waals surface area contributed by atoms with E-state index in [1.54, 1.807) is 12.3 Å². The van der Waals surface area contributed by atoms with Crippen molar-refractivity contribution in [3.05, 3.63) is 57.4 Å². The van der Waals surface area contributed by atoms with E-state index in [2.05, 4.69) is 4.98 Å². The minimum atomic E-state index is -0.501. The Morgan fingerprint density at radius 3 is 2.65 bits per heavy atom. The van der Waals surface area contributed by atoms with Gasteiger partial charge in [-0.3, -0.25) is 15.1 Å². The van der Waals surface area contributed by atoms with Crippen LogP contribution in [0.25, 0.3) is 0 Å². The molecular formula is C14H13ClN2O3. The number of benzene rings is 1. The molecule has 0 bridgehead atoms. The number of hydrogen-bond donors (Lipinski definition) is 0. The Kier molecular flexibility index (Phi) is 4.20. The third kappa shape index (κ3) is 3.24. The maximum Gasteiger partial charge on any atom is 0.271 e. The van der Waals surface area contributed by atoms with E-state index < -0.39 is 4.92 Å². The van der Waals surface area contributed by atoms with Crippen molar-refractivity contribution in [2.45, 2.75) is 19.8 Å². The van der Waals surface area contributed by atoms with Gasteiger partial charge in [-0.15, -0.1) is 0 Å². The second-order valence-electron chi connectivity index (χ2n) is 4.55. The number of aromatic nitrogens is 1. The molecule has 0 aliphatic carbocycles. The van der Waals surface area contributed by atoms with E-state index >= 15 is 0 Å². The number of hydrogen-bond acceptors (Lipinski definition) is 4. The Labute approximate surface area is 121 Å². The number of nitro groups is 1. The second-order valence-corrected chi connectivity index (χ2v) is 4.95. The predicted octanol–water partition coefficient (Wildman–Crippen LogP) is 4.56. The lowest BCUT2D eigenvalue weighted by molar-refractivity contribution is -0.384. The first kappa shape index (κ1) is 14.3. The maximum atomic E-state index is 10.6. The molecular weight excluding hydrogens is 280 g/mol. The lowest BCUT2D eigenvalue weighted by Crippen LogP contribution is -1.94. The van der Waals surface area contributed by atoms with Gasteiger partial charge in [-0.25, -0.2) is 0 Å². The lowest BCUT2D eigenvalue weighted by atomic mass is 10.1. The smallest absolute Gasteiger partial charge is 0.271 e. The zero-order valence-electron chi connectivity index (χ0n) is 11.0. The van der Waals surface area contributed by atoms with Crippen LogP contribution in [0.15, 0.2) is 36.5 Å². The largest absolute Gasteiger partial charge is 0.456 e. The van der Waals surface area contributed by atoms with E-state index in [0.29, 0.717) is 11.5 Å². The summed E-state index contributed by atoms with van der Waals surface area (Å²) < 4.78 is 5.64. The van der Waals surface area contributed by atoms with E-state index in [-0.39, 0.29) is 16.6 Å². The molecule has 1 aromatic heterocycles. The fourth-order valence-corrected chi connectivity index (χ4v) is 1.83. The summed E-state index contributed by atoms with van der Waals surface area (Å²) in [4.78, 5) is 14.4. The van der Waals surface area contributed by atoms with Crippen molar-refractivity contribution in [3.63, 3.8) is 0 Å². The Bertz CT molecular complexity index is 644. The van der Waals surface area contributed by atoms with Crippen LogP contribution in [0, 0.1) is 10.1 Å². The summed E-state index contributed by atoms with van der Waals surface area (Å²) in [5.74, 6) is 1.25. The summed E-state index contributed by atoms with van der Waals surface area (Å²) >= 11 is 5.98. The summed E-state index contributed by atoms with van der Waals surface area (Å²) in [5.41, 5.74) is 0.834. The molecule has 0 aliphatic heterocycles. The molecule has 20 heavy (non-hydrogen) atoms. The summed E-state index contributed by atoms with van der Waals surface area (Å²) in [6.07, 6.45) is 1.66. The van der Waals surface area contributed by atoms with Crippen LogP contribution in [0.1, 0.15) is 25.5 Å². The standard InChI is InChI=1S/C14H13ClN2O3/c1-9(2)13-8-11(5-6-16-13)20-14-4-3-10(17(18)19)7-12(14)15/h3-9H,1-2H3. The molecule has 2 rings (SSSR count). The monoisotopic (exact) mass is 292 g/mol. The van der Waals surface area contributed by atoms with Gasteiger partial charge in [0.1, 0.15) is 11.5 Å². The molecule has 104 valence electrons. The number of halogens is 1. The van der Waals surface area contributed by atoms with Gasteiger partial charge in [-0.1, -0.05) is 25.4 Å². The van der Waals surface area contributed by atoms with E-state index in [1.165, 1.54) is 18.2 Å². The van der Waals surface area contributed by atoms with Crippen LogP contribution in [0.5, 0.6) is 11.5 Å². The zero-order chi connectivity index (χ0) is 14.7. The first-order valence-electron chi connectivity index (χ1n) is 6.05. The molecule has 0 spiro atoms. The van der Waals surface area contributed by atoms with Crippen molar-refractivity contribution in [1.29, 1.82) is 0 Å². The van der Waals surface area contributed by atoms with Crippen LogP contribution in [-0.2, 0) is 0 Å². The van der Waals surface area contributed by atoms with Gasteiger partial charge in [0.2, 0.25) is 0 Å². The first-order chi connectivity index (χ1) is 9.47. The van der Waals surface area contributed by atoms with Gasteiger partial charge in [-0.05, 0) is 18.1 Å². The Morgan fingerprint density at radius 2 is 2.05 bits per heavy atom. The van der Waals surface area contributed by atoms with Gasteiger partial charge in [-0.2, -0.15) is 0 Å². The average molecular weight is 293 g/mol. The minimum Gasteiger partial charge on any atom is -0.456 e. The number of rotatable bonds is 4. The number of nitrogens with zero attached hydrogens (tertiary/aromatic N) is 2. The molecule has 5 nitrogen and oxygen atoms in total. The number of pyridine rings is 1. The third-order valence-electron chi connectivity index (χ3n) is 2.70. The van der Waals surface area contributed by atoms with Crippen molar-refractivity contribution in [3.8, 4) is 11.5 Å². The van der Waals surface area contributed by atoms with Crippen molar-refractivity contribution in [2.24, 2.45) is 0 Å². The molecule has 0 saturated carbocycles. The van der Waals surface area contributed by atoms with Crippen molar-refractivity contribution in [1.82, 2.24) is 4.98 Å². The van der Waals surface area contributed by atoms with Gasteiger partial charge in [0.15, 0.2) is 0 Å². The highest BCUT2D eigenvalue weighted by atomic mass is 35.5. The molecule has 0 N–H and O–H groups in total. The van der Waals surface area contributed by atoms with Gasteiger partial charge in [0.05, 0.1) is 9.95 Å². The summed E-state index contributed by atoms with van der Waals surface area (Å²) in [6.45, 7) is 4.07. The molecule has 6 heteroatoms. The molecule has 1 heterocycles. The van der Waals surface area contributed by atoms with Gasteiger partial charge < -0.3 is 4.74 Å². The second kappa shape index (κ2) is 5.88. The highest BCUT2D eigenvalue weighted by molar-refractivity contribution is 6.32. The third-order valence-corrected chi connectivity index (χ3v) is 2.99. The number of ether oxygens (including phenoxy) is 1. The summed E-state index contributed by atoms with van der Waals surface area (Å²) in [6, 6.07) is 7.63. The number of non-ortho nitro benzene ring substituents is 1. The van der Waals surface area contributed by atoms with Crippen LogP contribution in [-0.4, -0.2) is 9.91 Å². The minimum absolute atomic E-state index is 0.0695. The molecule has 0 amide bonds. The average Bonchev–Trinajstić information content (AvgIpc) is 2.41. The molecule has 2 aromatic rings. The Balaban J connectivity index is 2.26.